The summed E-state index contributed by atoms with van der Waals surface area (Å²) in [5.74, 6) is -2.57. The van der Waals surface area contributed by atoms with Crippen molar-refractivity contribution in [2.24, 2.45) is 0 Å². The molecule has 0 unspecified atom stereocenters. The molecule has 0 aliphatic rings. The molecule has 0 saturated carbocycles. The van der Waals surface area contributed by atoms with E-state index in [4.69, 9.17) is 33.4 Å². The minimum Gasteiger partial charge on any atom is -0.480 e. The zero-order valence-electron chi connectivity index (χ0n) is 5.23. The van der Waals surface area contributed by atoms with Crippen LogP contribution in [0.4, 0.5) is 0 Å². The second kappa shape index (κ2) is 12.7. The van der Waals surface area contributed by atoms with Gasteiger partial charge >= 0.3 is 11.9 Å². The van der Waals surface area contributed by atoms with Crippen LogP contribution in [0.3, 0.4) is 0 Å². The van der Waals surface area contributed by atoms with Gasteiger partial charge in [0.05, 0.1) is 0 Å². The molecule has 0 saturated heterocycles. The zero-order valence-corrected chi connectivity index (χ0v) is 7.85. The van der Waals surface area contributed by atoms with Crippen molar-refractivity contribution < 1.29 is 36.9 Å². The van der Waals surface area contributed by atoms with E-state index in [1.807, 2.05) is 0 Å². The van der Waals surface area contributed by atoms with Crippen LogP contribution in [0.2, 0.25) is 0 Å². The van der Waals surface area contributed by atoms with Gasteiger partial charge in [0.1, 0.15) is 11.8 Å². The smallest absolute Gasteiger partial charge is 0.318 e. The molecule has 0 aromatic heterocycles. The predicted octanol–water partition coefficient (Wildman–Crippen LogP) is 0.617. The molecule has 0 aliphatic carbocycles. The minimum atomic E-state index is -0.980. The van der Waals surface area contributed by atoms with Crippen LogP contribution >= 0.6 is 23.2 Å². The van der Waals surface area contributed by atoms with Gasteiger partial charge in [0.15, 0.2) is 0 Å². The van der Waals surface area contributed by atoms with E-state index in [-0.39, 0.29) is 28.8 Å². The van der Waals surface area contributed by atoms with Gasteiger partial charge in [0.25, 0.3) is 0 Å². The van der Waals surface area contributed by atoms with E-state index in [0.29, 0.717) is 0 Å². The fourth-order valence-electron chi connectivity index (χ4n) is 0. The van der Waals surface area contributed by atoms with Crippen LogP contribution < -0.4 is 0 Å². The average Bonchev–Trinajstić information content (AvgIpc) is 1.89. The maximum absolute atomic E-state index is 9.24. The molecule has 7 heteroatoms. The van der Waals surface area contributed by atoms with Crippen molar-refractivity contribution in [2.75, 3.05) is 11.8 Å². The van der Waals surface area contributed by atoms with E-state index in [1.54, 1.807) is 0 Å². The van der Waals surface area contributed by atoms with Crippen molar-refractivity contribution in [1.82, 2.24) is 0 Å². The molecule has 0 bridgehead atoms. The zero-order chi connectivity index (χ0) is 8.57. The summed E-state index contributed by atoms with van der Waals surface area (Å²) in [6.07, 6.45) is 0. The minimum absolute atomic E-state index is 0. The average molecular weight is 245 g/mol. The van der Waals surface area contributed by atoms with Crippen LogP contribution in [0.25, 0.3) is 0 Å². The summed E-state index contributed by atoms with van der Waals surface area (Å²) in [4.78, 5) is 18.5. The van der Waals surface area contributed by atoms with Gasteiger partial charge in [-0.2, -0.15) is 0 Å². The van der Waals surface area contributed by atoms with Gasteiger partial charge in [-0.1, -0.05) is 0 Å². The van der Waals surface area contributed by atoms with E-state index in [2.05, 4.69) is 0 Å². The third-order valence-corrected chi connectivity index (χ3v) is 0.686. The molecule has 0 radical (unpaired) electrons. The summed E-state index contributed by atoms with van der Waals surface area (Å²) < 4.78 is 0. The standard InChI is InChI=1S/2C2H3ClO2.Fe/c2*3-1-2(4)5;/h2*1H2,(H,4,5);. The van der Waals surface area contributed by atoms with Crippen LogP contribution in [-0.4, -0.2) is 33.9 Å². The van der Waals surface area contributed by atoms with E-state index in [0.717, 1.165) is 0 Å². The van der Waals surface area contributed by atoms with Crippen LogP contribution in [-0.2, 0) is 26.7 Å². The van der Waals surface area contributed by atoms with Crippen LogP contribution in [0.1, 0.15) is 0 Å². The Kier molecular flexibility index (Phi) is 19.9. The second-order valence-corrected chi connectivity index (χ2v) is 1.59. The van der Waals surface area contributed by atoms with Crippen LogP contribution in [0.15, 0.2) is 0 Å². The number of hydrogen-bond acceptors (Lipinski definition) is 2. The van der Waals surface area contributed by atoms with Crippen LogP contribution in [0.5, 0.6) is 0 Å². The first-order valence-electron chi connectivity index (χ1n) is 2.10. The molecular formula is C4H6Cl2FeO4. The second-order valence-electron chi connectivity index (χ2n) is 1.05. The SMILES string of the molecule is O=C(O)CCl.O=C(O)CCl.[Fe]. The van der Waals surface area contributed by atoms with Gasteiger partial charge in [0, 0.05) is 17.1 Å². The van der Waals surface area contributed by atoms with E-state index in [9.17, 15) is 9.59 Å². The molecular weight excluding hydrogens is 239 g/mol. The van der Waals surface area contributed by atoms with Gasteiger partial charge in [-0.25, -0.2) is 0 Å². The van der Waals surface area contributed by atoms with Crippen molar-refractivity contribution in [3.63, 3.8) is 0 Å². The molecule has 2 N–H and O–H groups in total. The summed E-state index contributed by atoms with van der Waals surface area (Å²) in [6, 6.07) is 0. The largest absolute Gasteiger partial charge is 0.480 e. The number of aliphatic carboxylic acids is 2. The number of rotatable bonds is 2. The quantitative estimate of drug-likeness (QED) is 0.552. The van der Waals surface area contributed by atoms with Gasteiger partial charge in [-0.15, -0.1) is 23.2 Å². The maximum atomic E-state index is 9.24. The Bertz CT molecular complexity index is 105. The molecule has 0 amide bonds. The third-order valence-electron chi connectivity index (χ3n) is 0.229. The summed E-state index contributed by atoms with van der Waals surface area (Å²) in [5.41, 5.74) is 0. The molecule has 11 heavy (non-hydrogen) atoms. The molecule has 68 valence electrons. The van der Waals surface area contributed by atoms with Crippen molar-refractivity contribution in [3.05, 3.63) is 0 Å². The Hall–Kier alpha value is 0.0395. The Morgan fingerprint density at radius 1 is 1.00 bits per heavy atom. The molecule has 0 heterocycles. The third kappa shape index (κ3) is 39.8. The molecule has 0 fully saturated rings. The van der Waals surface area contributed by atoms with E-state index >= 15 is 0 Å². The summed E-state index contributed by atoms with van der Waals surface area (Å²) in [6.45, 7) is 0. The van der Waals surface area contributed by atoms with Crippen LogP contribution in [0, 0.1) is 0 Å². The summed E-state index contributed by atoms with van der Waals surface area (Å²) in [7, 11) is 0. The first-order valence-corrected chi connectivity index (χ1v) is 3.17. The molecule has 0 aromatic rings. The number of carbonyl (C=O) groups is 2. The van der Waals surface area contributed by atoms with E-state index in [1.165, 1.54) is 0 Å². The predicted molar refractivity (Wildman–Crippen MR) is 36.7 cm³/mol. The number of hydrogen-bond donors (Lipinski definition) is 2. The Balaban J connectivity index is -0.000000107. The van der Waals surface area contributed by atoms with Gasteiger partial charge in [-0.3, -0.25) is 9.59 Å². The van der Waals surface area contributed by atoms with E-state index < -0.39 is 11.9 Å². The first kappa shape index (κ1) is 17.2. The molecule has 0 rings (SSSR count). The first-order chi connectivity index (χ1) is 4.54. The monoisotopic (exact) mass is 244 g/mol. The molecule has 0 spiro atoms. The topological polar surface area (TPSA) is 74.6 Å². The number of alkyl halides is 2. The fraction of sp³-hybridized carbons (Fsp3) is 0.500. The molecule has 4 nitrogen and oxygen atoms in total. The fourth-order valence-corrected chi connectivity index (χ4v) is 0. The van der Waals surface area contributed by atoms with Gasteiger partial charge < -0.3 is 10.2 Å². The van der Waals surface area contributed by atoms with Crippen molar-refractivity contribution >= 4 is 35.1 Å². The Morgan fingerprint density at radius 3 is 1.09 bits per heavy atom. The summed E-state index contributed by atoms with van der Waals surface area (Å²) >= 11 is 9.47. The molecule has 0 atom stereocenters. The number of carboxylic acids is 2. The van der Waals surface area contributed by atoms with Gasteiger partial charge in [-0.05, 0) is 0 Å². The summed E-state index contributed by atoms with van der Waals surface area (Å²) in [5, 5.41) is 15.2. The molecule has 0 aliphatic heterocycles. The normalized spacial score (nSPS) is 6.73. The Morgan fingerprint density at radius 2 is 1.09 bits per heavy atom. The van der Waals surface area contributed by atoms with Crippen molar-refractivity contribution in [1.29, 1.82) is 0 Å². The van der Waals surface area contributed by atoms with Crippen molar-refractivity contribution in [2.45, 2.75) is 0 Å². The number of halogens is 2. The van der Waals surface area contributed by atoms with Gasteiger partial charge in [0.2, 0.25) is 0 Å². The Labute approximate surface area is 84.0 Å². The number of carboxylic acid groups (broad SMARTS) is 2. The molecule has 0 aromatic carbocycles. The maximum Gasteiger partial charge on any atom is 0.318 e. The van der Waals surface area contributed by atoms with Crippen molar-refractivity contribution in [3.8, 4) is 0 Å².